The standard InChI is InChI=1S/C73H138O17P2/c1-7-9-11-13-15-16-17-18-19-20-28-33-39-45-51-57-73(78)90-69(62-84-71(76)56-50-44-38-32-27-23-21-25-30-36-41-47-53-65(3)4)64-88-92(81,82)86-60-67(74)59-85-91(79,80)87-63-68(61-83-70(75)55-49-43-35-14-12-10-8-2)89-72(77)58-52-46-40-34-29-24-22-26-31-37-42-48-54-66(5)6/h16-19,65-69,74H,7-15,20-64H2,1-6H3,(H,79,80)(H,81,82)/b17-16-,19-18-/t67-,68+,69+/m0/s1. The molecule has 5 atom stereocenters. The Balaban J connectivity index is 5.24. The number of rotatable bonds is 70. The van der Waals surface area contributed by atoms with E-state index in [0.29, 0.717) is 25.7 Å². The van der Waals surface area contributed by atoms with E-state index in [-0.39, 0.29) is 25.7 Å². The highest BCUT2D eigenvalue weighted by Crippen LogP contribution is 2.45. The summed E-state index contributed by atoms with van der Waals surface area (Å²) in [6.45, 7) is 9.48. The zero-order valence-corrected chi connectivity index (χ0v) is 61.1. The number of unbranched alkanes of at least 4 members (excludes halogenated alkanes) is 37. The van der Waals surface area contributed by atoms with Crippen molar-refractivity contribution in [3.05, 3.63) is 24.3 Å². The van der Waals surface area contributed by atoms with E-state index in [1.807, 2.05) is 0 Å². The second-order valence-electron chi connectivity index (χ2n) is 26.6. The Morgan fingerprint density at radius 1 is 0.337 bits per heavy atom. The number of phosphoric ester groups is 2. The maximum absolute atomic E-state index is 13.0. The van der Waals surface area contributed by atoms with Crippen LogP contribution in [0.25, 0.3) is 0 Å². The largest absolute Gasteiger partial charge is 0.472 e. The predicted molar refractivity (Wildman–Crippen MR) is 372 cm³/mol. The first-order valence-corrected chi connectivity index (χ1v) is 40.3. The highest BCUT2D eigenvalue weighted by Gasteiger charge is 2.30. The third-order valence-corrected chi connectivity index (χ3v) is 18.2. The van der Waals surface area contributed by atoms with Gasteiger partial charge in [0.25, 0.3) is 0 Å². The van der Waals surface area contributed by atoms with Crippen molar-refractivity contribution in [1.29, 1.82) is 0 Å². The van der Waals surface area contributed by atoms with E-state index in [2.05, 4.69) is 65.8 Å². The monoisotopic (exact) mass is 1350 g/mol. The summed E-state index contributed by atoms with van der Waals surface area (Å²) in [5, 5.41) is 10.6. The van der Waals surface area contributed by atoms with Crippen molar-refractivity contribution in [2.24, 2.45) is 11.8 Å². The predicted octanol–water partition coefficient (Wildman–Crippen LogP) is 20.7. The summed E-state index contributed by atoms with van der Waals surface area (Å²) < 4.78 is 68.3. The van der Waals surface area contributed by atoms with Crippen LogP contribution < -0.4 is 0 Å². The van der Waals surface area contributed by atoms with E-state index in [0.717, 1.165) is 127 Å². The highest BCUT2D eigenvalue weighted by atomic mass is 31.2. The molecule has 0 saturated heterocycles. The smallest absolute Gasteiger partial charge is 0.462 e. The summed E-state index contributed by atoms with van der Waals surface area (Å²) in [6, 6.07) is 0. The van der Waals surface area contributed by atoms with Crippen molar-refractivity contribution < 1.29 is 80.2 Å². The van der Waals surface area contributed by atoms with E-state index >= 15 is 0 Å². The number of aliphatic hydroxyl groups is 1. The average Bonchev–Trinajstić information content (AvgIpc) is 2.96. The number of esters is 4. The fourth-order valence-corrected chi connectivity index (χ4v) is 12.2. The first-order valence-electron chi connectivity index (χ1n) is 37.3. The molecule has 2 unspecified atom stereocenters. The molecule has 0 saturated carbocycles. The van der Waals surface area contributed by atoms with Crippen molar-refractivity contribution in [3.8, 4) is 0 Å². The molecule has 0 radical (unpaired) electrons. The van der Waals surface area contributed by atoms with Crippen LogP contribution in [-0.2, 0) is 65.4 Å². The first-order chi connectivity index (χ1) is 44.4. The van der Waals surface area contributed by atoms with Crippen molar-refractivity contribution in [3.63, 3.8) is 0 Å². The van der Waals surface area contributed by atoms with Crippen LogP contribution in [0.4, 0.5) is 0 Å². The third-order valence-electron chi connectivity index (χ3n) is 16.3. The molecular formula is C73H138O17P2. The van der Waals surface area contributed by atoms with E-state index in [1.165, 1.54) is 141 Å². The van der Waals surface area contributed by atoms with Crippen LogP contribution in [0.5, 0.6) is 0 Å². The fraction of sp³-hybridized carbons (Fsp3) is 0.890. The topological polar surface area (TPSA) is 237 Å². The molecule has 0 aliphatic carbocycles. The Kier molecular flexibility index (Phi) is 62.8. The van der Waals surface area contributed by atoms with Gasteiger partial charge >= 0.3 is 39.5 Å². The van der Waals surface area contributed by atoms with Crippen LogP contribution in [0.1, 0.15) is 350 Å². The number of hydrogen-bond acceptors (Lipinski definition) is 15. The van der Waals surface area contributed by atoms with Gasteiger partial charge in [-0.15, -0.1) is 0 Å². The molecule has 0 spiro atoms. The maximum atomic E-state index is 13.0. The second kappa shape index (κ2) is 64.5. The number of hydrogen-bond donors (Lipinski definition) is 3. The molecule has 0 aromatic rings. The summed E-state index contributed by atoms with van der Waals surface area (Å²) in [4.78, 5) is 72.5. The number of ether oxygens (including phenoxy) is 4. The molecule has 0 aromatic heterocycles. The molecule has 0 bridgehead atoms. The van der Waals surface area contributed by atoms with Gasteiger partial charge in [-0.3, -0.25) is 37.3 Å². The van der Waals surface area contributed by atoms with Crippen LogP contribution >= 0.6 is 15.6 Å². The molecule has 542 valence electrons. The van der Waals surface area contributed by atoms with Gasteiger partial charge in [0, 0.05) is 25.7 Å². The molecule has 0 rings (SSSR count). The minimum Gasteiger partial charge on any atom is -0.462 e. The minimum atomic E-state index is -4.96. The third kappa shape index (κ3) is 66.2. The quantitative estimate of drug-likeness (QED) is 0.0169. The summed E-state index contributed by atoms with van der Waals surface area (Å²) in [5.74, 6) is -0.599. The number of phosphoric acid groups is 2. The number of carbonyl (C=O) groups is 4. The molecule has 0 amide bonds. The molecule has 3 N–H and O–H groups in total. The SMILES string of the molecule is CCCCCC/C=C\C=C/CCCCCCCC(=O)O[C@H](COC(=O)CCCCCCCCCCCCCCC(C)C)COP(=O)(O)OC[C@@H](O)COP(=O)(O)OC[C@@H](COC(=O)CCCCCCCCC)OC(=O)CCCCCCCCCCCCCCC(C)C. The average molecular weight is 1350 g/mol. The lowest BCUT2D eigenvalue weighted by Gasteiger charge is -2.21. The van der Waals surface area contributed by atoms with Crippen LogP contribution in [0.15, 0.2) is 24.3 Å². The maximum Gasteiger partial charge on any atom is 0.472 e. The van der Waals surface area contributed by atoms with Gasteiger partial charge in [0.15, 0.2) is 12.2 Å². The van der Waals surface area contributed by atoms with Crippen molar-refractivity contribution in [2.45, 2.75) is 368 Å². The molecule has 0 heterocycles. The molecule has 0 aromatic carbocycles. The van der Waals surface area contributed by atoms with Gasteiger partial charge in [0.1, 0.15) is 19.3 Å². The Morgan fingerprint density at radius 2 is 0.587 bits per heavy atom. The lowest BCUT2D eigenvalue weighted by atomic mass is 10.0. The number of allylic oxidation sites excluding steroid dienone is 4. The number of aliphatic hydroxyl groups excluding tert-OH is 1. The van der Waals surface area contributed by atoms with E-state index in [4.69, 9.17) is 37.0 Å². The van der Waals surface area contributed by atoms with Crippen molar-refractivity contribution >= 4 is 39.5 Å². The summed E-state index contributed by atoms with van der Waals surface area (Å²) >= 11 is 0. The minimum absolute atomic E-state index is 0.0850. The zero-order valence-electron chi connectivity index (χ0n) is 59.3. The second-order valence-corrected chi connectivity index (χ2v) is 29.5. The van der Waals surface area contributed by atoms with Crippen molar-refractivity contribution in [2.75, 3.05) is 39.6 Å². The van der Waals surface area contributed by atoms with Gasteiger partial charge in [0.05, 0.1) is 26.4 Å². The Hall–Kier alpha value is -2.46. The molecule has 92 heavy (non-hydrogen) atoms. The van der Waals surface area contributed by atoms with Crippen LogP contribution in [0.3, 0.4) is 0 Å². The summed E-state index contributed by atoms with van der Waals surface area (Å²) in [7, 11) is -9.91. The van der Waals surface area contributed by atoms with Gasteiger partial charge in [0.2, 0.25) is 0 Å². The van der Waals surface area contributed by atoms with Crippen LogP contribution in [0, 0.1) is 11.8 Å². The lowest BCUT2D eigenvalue weighted by molar-refractivity contribution is -0.161. The lowest BCUT2D eigenvalue weighted by Crippen LogP contribution is -2.30. The van der Waals surface area contributed by atoms with Gasteiger partial charge in [-0.1, -0.05) is 297 Å². The number of carbonyl (C=O) groups excluding carboxylic acids is 4. The molecule has 17 nitrogen and oxygen atoms in total. The van der Waals surface area contributed by atoms with Crippen LogP contribution in [0.2, 0.25) is 0 Å². The van der Waals surface area contributed by atoms with Gasteiger partial charge in [-0.2, -0.15) is 0 Å². The summed E-state index contributed by atoms with van der Waals surface area (Å²) in [5.41, 5.74) is 0. The first kappa shape index (κ1) is 89.5. The highest BCUT2D eigenvalue weighted by molar-refractivity contribution is 7.47. The molecule has 0 fully saturated rings. The molecular weight excluding hydrogens is 1210 g/mol. The molecule has 0 aliphatic rings. The summed E-state index contributed by atoms with van der Waals surface area (Å²) in [6.07, 6.45) is 53.6. The zero-order chi connectivity index (χ0) is 67.9. The van der Waals surface area contributed by atoms with Gasteiger partial charge in [-0.05, 0) is 63.2 Å². The van der Waals surface area contributed by atoms with E-state index in [1.54, 1.807) is 0 Å². The normalized spacial score (nSPS) is 14.2. The Labute approximate surface area is 561 Å². The Bertz CT molecular complexity index is 1880. The van der Waals surface area contributed by atoms with E-state index in [9.17, 15) is 43.2 Å². The van der Waals surface area contributed by atoms with E-state index < -0.39 is 97.5 Å². The fourth-order valence-electron chi connectivity index (χ4n) is 10.6. The van der Waals surface area contributed by atoms with Gasteiger partial charge in [-0.25, -0.2) is 9.13 Å². The Morgan fingerprint density at radius 3 is 0.891 bits per heavy atom. The molecule has 0 aliphatic heterocycles. The van der Waals surface area contributed by atoms with Crippen LogP contribution in [-0.4, -0.2) is 96.7 Å². The van der Waals surface area contributed by atoms with Gasteiger partial charge < -0.3 is 33.8 Å². The molecule has 19 heteroatoms. The van der Waals surface area contributed by atoms with Crippen molar-refractivity contribution in [1.82, 2.24) is 0 Å².